The fraction of sp³-hybridized carbons (Fsp3) is 0.100. The van der Waals surface area contributed by atoms with Crippen molar-refractivity contribution in [2.75, 3.05) is 6.61 Å². The van der Waals surface area contributed by atoms with E-state index in [2.05, 4.69) is 10.5 Å². The standard InChI is InChI=1S/C20H15Cl3N2O3/c1-12-9-13(21)5-7-17(12)27-11-19(26)25-24-10-14-6-8-18(28-14)15-3-2-4-16(22)20(15)23/h2-10H,11H2,1H3,(H,25,26)/b24-10-. The number of hydrogen-bond donors (Lipinski definition) is 1. The molecule has 3 aromatic rings. The van der Waals surface area contributed by atoms with Gasteiger partial charge in [-0.15, -0.1) is 0 Å². The summed E-state index contributed by atoms with van der Waals surface area (Å²) < 4.78 is 11.1. The number of hydrazone groups is 1. The van der Waals surface area contributed by atoms with E-state index in [0.717, 1.165) is 5.56 Å². The summed E-state index contributed by atoms with van der Waals surface area (Å²) in [7, 11) is 0. The molecule has 28 heavy (non-hydrogen) atoms. The van der Waals surface area contributed by atoms with Crippen molar-refractivity contribution in [1.29, 1.82) is 0 Å². The third kappa shape index (κ3) is 5.07. The number of nitrogens with zero attached hydrogens (tertiary/aromatic N) is 1. The first-order valence-corrected chi connectivity index (χ1v) is 9.32. The molecule has 8 heteroatoms. The van der Waals surface area contributed by atoms with Crippen LogP contribution in [0.2, 0.25) is 15.1 Å². The molecule has 0 saturated heterocycles. The van der Waals surface area contributed by atoms with Gasteiger partial charge in [-0.2, -0.15) is 5.10 Å². The third-order valence-electron chi connectivity index (χ3n) is 3.72. The molecule has 0 atom stereocenters. The van der Waals surface area contributed by atoms with Crippen LogP contribution in [-0.2, 0) is 4.79 Å². The van der Waals surface area contributed by atoms with Gasteiger partial charge >= 0.3 is 0 Å². The van der Waals surface area contributed by atoms with Crippen LogP contribution in [0.4, 0.5) is 0 Å². The SMILES string of the molecule is Cc1cc(Cl)ccc1OCC(=O)N/N=C\c1ccc(-c2cccc(Cl)c2Cl)o1. The normalized spacial score (nSPS) is 11.0. The van der Waals surface area contributed by atoms with E-state index in [1.165, 1.54) is 6.21 Å². The Morgan fingerprint density at radius 3 is 2.79 bits per heavy atom. The molecule has 0 bridgehead atoms. The van der Waals surface area contributed by atoms with Crippen LogP contribution in [-0.4, -0.2) is 18.7 Å². The molecule has 0 saturated carbocycles. The maximum Gasteiger partial charge on any atom is 0.277 e. The first kappa shape index (κ1) is 20.3. The van der Waals surface area contributed by atoms with Crippen LogP contribution in [0.3, 0.4) is 0 Å². The van der Waals surface area contributed by atoms with Crippen LogP contribution in [0.1, 0.15) is 11.3 Å². The second kappa shape index (κ2) is 9.15. The van der Waals surface area contributed by atoms with Crippen LogP contribution < -0.4 is 10.2 Å². The first-order valence-electron chi connectivity index (χ1n) is 8.19. The lowest BCUT2D eigenvalue weighted by molar-refractivity contribution is -0.123. The summed E-state index contributed by atoms with van der Waals surface area (Å²) in [6, 6.07) is 13.9. The number of furan rings is 1. The van der Waals surface area contributed by atoms with Crippen LogP contribution in [0.15, 0.2) is 58.0 Å². The second-order valence-corrected chi connectivity index (χ2v) is 7.02. The Bertz CT molecular complexity index is 1030. The molecule has 1 N–H and O–H groups in total. The highest BCUT2D eigenvalue weighted by atomic mass is 35.5. The summed E-state index contributed by atoms with van der Waals surface area (Å²) in [6.07, 6.45) is 1.38. The van der Waals surface area contributed by atoms with Gasteiger partial charge in [0.1, 0.15) is 17.3 Å². The van der Waals surface area contributed by atoms with Crippen LogP contribution in [0.25, 0.3) is 11.3 Å². The Labute approximate surface area is 176 Å². The number of hydrogen-bond acceptors (Lipinski definition) is 4. The lowest BCUT2D eigenvalue weighted by Gasteiger charge is -2.08. The maximum absolute atomic E-state index is 11.9. The van der Waals surface area contributed by atoms with E-state index in [1.54, 1.807) is 48.5 Å². The van der Waals surface area contributed by atoms with Crippen molar-refractivity contribution in [2.45, 2.75) is 6.92 Å². The predicted octanol–water partition coefficient (Wildman–Crippen LogP) is 5.74. The van der Waals surface area contributed by atoms with Crippen molar-refractivity contribution in [3.63, 3.8) is 0 Å². The van der Waals surface area contributed by atoms with Gasteiger partial charge in [0.2, 0.25) is 0 Å². The van der Waals surface area contributed by atoms with E-state index in [1.807, 2.05) is 6.92 Å². The van der Waals surface area contributed by atoms with E-state index in [-0.39, 0.29) is 6.61 Å². The fourth-order valence-electron chi connectivity index (χ4n) is 2.38. The second-order valence-electron chi connectivity index (χ2n) is 5.80. The Balaban J connectivity index is 1.55. The van der Waals surface area contributed by atoms with Gasteiger partial charge in [-0.3, -0.25) is 4.79 Å². The highest BCUT2D eigenvalue weighted by Crippen LogP contribution is 2.34. The Hall–Kier alpha value is -2.47. The first-order chi connectivity index (χ1) is 13.4. The molecule has 0 aliphatic heterocycles. The summed E-state index contributed by atoms with van der Waals surface area (Å²) in [5.74, 6) is 1.16. The van der Waals surface area contributed by atoms with Gasteiger partial charge in [-0.25, -0.2) is 5.43 Å². The van der Waals surface area contributed by atoms with Crippen molar-refractivity contribution in [3.8, 4) is 17.1 Å². The lowest BCUT2D eigenvalue weighted by Crippen LogP contribution is -2.24. The minimum atomic E-state index is -0.407. The van der Waals surface area contributed by atoms with Crippen LogP contribution in [0, 0.1) is 6.92 Å². The molecule has 0 fully saturated rings. The fourth-order valence-corrected chi connectivity index (χ4v) is 3.00. The maximum atomic E-state index is 11.9. The minimum absolute atomic E-state index is 0.179. The van der Waals surface area contributed by atoms with Crippen molar-refractivity contribution >= 4 is 46.9 Å². The average molecular weight is 438 g/mol. The van der Waals surface area contributed by atoms with Crippen molar-refractivity contribution in [2.24, 2.45) is 5.10 Å². The molecule has 5 nitrogen and oxygen atoms in total. The van der Waals surface area contributed by atoms with E-state index in [0.29, 0.717) is 37.9 Å². The zero-order chi connectivity index (χ0) is 20.1. The predicted molar refractivity (Wildman–Crippen MR) is 112 cm³/mol. The summed E-state index contributed by atoms with van der Waals surface area (Å²) >= 11 is 18.1. The van der Waals surface area contributed by atoms with Gasteiger partial charge < -0.3 is 9.15 Å². The largest absolute Gasteiger partial charge is 0.483 e. The Morgan fingerprint density at radius 2 is 2.00 bits per heavy atom. The molecule has 1 amide bonds. The van der Waals surface area contributed by atoms with Crippen molar-refractivity contribution in [1.82, 2.24) is 5.43 Å². The zero-order valence-corrected chi connectivity index (χ0v) is 17.0. The number of ether oxygens (including phenoxy) is 1. The zero-order valence-electron chi connectivity index (χ0n) is 14.7. The number of benzene rings is 2. The Morgan fingerprint density at radius 1 is 1.18 bits per heavy atom. The van der Waals surface area contributed by atoms with Gasteiger partial charge in [0, 0.05) is 10.6 Å². The highest BCUT2D eigenvalue weighted by molar-refractivity contribution is 6.43. The molecule has 0 unspecified atom stereocenters. The minimum Gasteiger partial charge on any atom is -0.483 e. The molecule has 2 aromatic carbocycles. The smallest absolute Gasteiger partial charge is 0.277 e. The molecule has 0 aliphatic carbocycles. The molecule has 0 radical (unpaired) electrons. The summed E-state index contributed by atoms with van der Waals surface area (Å²) in [5, 5.41) is 5.31. The molecular weight excluding hydrogens is 423 g/mol. The van der Waals surface area contributed by atoms with Gasteiger partial charge in [0.05, 0.1) is 16.3 Å². The number of rotatable bonds is 6. The lowest BCUT2D eigenvalue weighted by atomic mass is 10.2. The molecular formula is C20H15Cl3N2O3. The number of aryl methyl sites for hydroxylation is 1. The Kier molecular flexibility index (Phi) is 6.62. The number of halogens is 3. The molecule has 144 valence electrons. The monoisotopic (exact) mass is 436 g/mol. The average Bonchev–Trinajstić information content (AvgIpc) is 3.12. The van der Waals surface area contributed by atoms with Crippen molar-refractivity contribution in [3.05, 3.63) is 74.9 Å². The van der Waals surface area contributed by atoms with Crippen LogP contribution in [0.5, 0.6) is 5.75 Å². The quantitative estimate of drug-likeness (QED) is 0.395. The van der Waals surface area contributed by atoms with Crippen molar-refractivity contribution < 1.29 is 13.9 Å². The summed E-state index contributed by atoms with van der Waals surface area (Å²) in [5.41, 5.74) is 3.88. The van der Waals surface area contributed by atoms with Gasteiger partial charge in [-0.05, 0) is 55.0 Å². The van der Waals surface area contributed by atoms with Gasteiger partial charge in [-0.1, -0.05) is 40.9 Å². The van der Waals surface area contributed by atoms with Gasteiger partial charge in [0.15, 0.2) is 6.61 Å². The van der Waals surface area contributed by atoms with Gasteiger partial charge in [0.25, 0.3) is 5.91 Å². The van der Waals surface area contributed by atoms with Crippen LogP contribution >= 0.6 is 34.8 Å². The van der Waals surface area contributed by atoms with E-state index in [9.17, 15) is 4.79 Å². The number of carbonyl (C=O) groups excluding carboxylic acids is 1. The molecule has 0 aliphatic rings. The number of nitrogens with one attached hydrogen (secondary N) is 1. The molecule has 1 aromatic heterocycles. The molecule has 0 spiro atoms. The highest BCUT2D eigenvalue weighted by Gasteiger charge is 2.10. The molecule has 1 heterocycles. The number of carbonyl (C=O) groups is 1. The topological polar surface area (TPSA) is 63.8 Å². The molecule has 3 rings (SSSR count). The summed E-state index contributed by atoms with van der Waals surface area (Å²) in [6.45, 7) is 1.67. The third-order valence-corrected chi connectivity index (χ3v) is 4.77. The van der Waals surface area contributed by atoms with E-state index in [4.69, 9.17) is 44.0 Å². The van der Waals surface area contributed by atoms with E-state index >= 15 is 0 Å². The summed E-state index contributed by atoms with van der Waals surface area (Å²) in [4.78, 5) is 11.9. The van der Waals surface area contributed by atoms with E-state index < -0.39 is 5.91 Å². The number of amides is 1.